The molecule has 0 saturated heterocycles. The van der Waals surface area contributed by atoms with Crippen molar-refractivity contribution in [1.29, 1.82) is 0 Å². The van der Waals surface area contributed by atoms with Gasteiger partial charge in [0.2, 0.25) is 0 Å². The van der Waals surface area contributed by atoms with E-state index in [-0.39, 0.29) is 0 Å². The van der Waals surface area contributed by atoms with Gasteiger partial charge in [0.25, 0.3) is 0 Å². The minimum absolute atomic E-state index is 0.296. The standard InChI is InChI=1S/C12H18FNO2/c1-3-6-14-8-12(15)10-5-4-9(16-2)7-11(10)13/h4-5,7,12,14-15H,3,6,8H2,1-2H3. The molecule has 3 nitrogen and oxygen atoms in total. The summed E-state index contributed by atoms with van der Waals surface area (Å²) in [5.41, 5.74) is 0.296. The largest absolute Gasteiger partial charge is 0.497 e. The Kier molecular flexibility index (Phi) is 5.22. The van der Waals surface area contributed by atoms with Gasteiger partial charge in [-0.25, -0.2) is 4.39 Å². The Labute approximate surface area is 95.2 Å². The van der Waals surface area contributed by atoms with Crippen LogP contribution >= 0.6 is 0 Å². The van der Waals surface area contributed by atoms with E-state index in [0.29, 0.717) is 17.9 Å². The van der Waals surface area contributed by atoms with Crippen LogP contribution in [0.5, 0.6) is 5.75 Å². The Morgan fingerprint density at radius 3 is 2.81 bits per heavy atom. The Balaban J connectivity index is 2.64. The number of aliphatic hydroxyl groups excluding tert-OH is 1. The third-order valence-corrected chi connectivity index (χ3v) is 2.33. The molecule has 0 aliphatic rings. The van der Waals surface area contributed by atoms with E-state index in [2.05, 4.69) is 5.32 Å². The maximum Gasteiger partial charge on any atom is 0.132 e. The fourth-order valence-corrected chi connectivity index (χ4v) is 1.43. The molecule has 1 unspecified atom stereocenters. The van der Waals surface area contributed by atoms with Crippen LogP contribution in [0, 0.1) is 5.82 Å². The summed E-state index contributed by atoms with van der Waals surface area (Å²) in [5, 5.41) is 12.8. The van der Waals surface area contributed by atoms with Gasteiger partial charge in [0.15, 0.2) is 0 Å². The first-order valence-corrected chi connectivity index (χ1v) is 5.41. The highest BCUT2D eigenvalue weighted by Gasteiger charge is 2.12. The molecule has 0 amide bonds. The maximum absolute atomic E-state index is 13.5. The number of hydrogen-bond donors (Lipinski definition) is 2. The van der Waals surface area contributed by atoms with Gasteiger partial charge in [-0.1, -0.05) is 6.92 Å². The zero-order valence-corrected chi connectivity index (χ0v) is 9.66. The smallest absolute Gasteiger partial charge is 0.132 e. The number of nitrogens with one attached hydrogen (secondary N) is 1. The minimum atomic E-state index is -0.822. The third kappa shape index (κ3) is 3.47. The number of ether oxygens (including phenoxy) is 1. The number of benzene rings is 1. The van der Waals surface area contributed by atoms with Gasteiger partial charge in [0, 0.05) is 18.2 Å². The van der Waals surface area contributed by atoms with Gasteiger partial charge < -0.3 is 15.2 Å². The van der Waals surface area contributed by atoms with Gasteiger partial charge >= 0.3 is 0 Å². The molecule has 4 heteroatoms. The number of hydrogen-bond acceptors (Lipinski definition) is 3. The average Bonchev–Trinajstić information content (AvgIpc) is 2.29. The van der Waals surface area contributed by atoms with Crippen molar-refractivity contribution in [2.45, 2.75) is 19.4 Å². The van der Waals surface area contributed by atoms with E-state index >= 15 is 0 Å². The van der Waals surface area contributed by atoms with Gasteiger partial charge in [-0.05, 0) is 25.1 Å². The molecule has 0 bridgehead atoms. The van der Waals surface area contributed by atoms with Gasteiger partial charge in [-0.15, -0.1) is 0 Å². The molecule has 90 valence electrons. The summed E-state index contributed by atoms with van der Waals surface area (Å²) >= 11 is 0. The predicted octanol–water partition coefficient (Wildman–Crippen LogP) is 1.87. The molecule has 0 spiro atoms. The number of rotatable bonds is 6. The van der Waals surface area contributed by atoms with Crippen molar-refractivity contribution < 1.29 is 14.2 Å². The van der Waals surface area contributed by atoms with Crippen LogP contribution in [0.1, 0.15) is 25.0 Å². The van der Waals surface area contributed by atoms with Crippen molar-refractivity contribution in [3.05, 3.63) is 29.6 Å². The van der Waals surface area contributed by atoms with Crippen molar-refractivity contribution in [1.82, 2.24) is 5.32 Å². The van der Waals surface area contributed by atoms with E-state index in [0.717, 1.165) is 13.0 Å². The zero-order chi connectivity index (χ0) is 12.0. The van der Waals surface area contributed by atoms with Crippen molar-refractivity contribution in [3.8, 4) is 5.75 Å². The molecule has 1 aromatic rings. The lowest BCUT2D eigenvalue weighted by atomic mass is 10.1. The van der Waals surface area contributed by atoms with E-state index in [4.69, 9.17) is 4.74 Å². The van der Waals surface area contributed by atoms with E-state index in [1.807, 2.05) is 6.92 Å². The Morgan fingerprint density at radius 1 is 1.50 bits per heavy atom. The fraction of sp³-hybridized carbons (Fsp3) is 0.500. The normalized spacial score (nSPS) is 12.5. The summed E-state index contributed by atoms with van der Waals surface area (Å²) in [6.45, 7) is 3.21. The monoisotopic (exact) mass is 227 g/mol. The number of aliphatic hydroxyl groups is 1. The molecule has 2 N–H and O–H groups in total. The van der Waals surface area contributed by atoms with Crippen LogP contribution in [-0.2, 0) is 0 Å². The maximum atomic E-state index is 13.5. The van der Waals surface area contributed by atoms with Gasteiger partial charge in [-0.2, -0.15) is 0 Å². The summed E-state index contributed by atoms with van der Waals surface area (Å²) in [7, 11) is 1.48. The summed E-state index contributed by atoms with van der Waals surface area (Å²) in [6, 6.07) is 4.46. The highest BCUT2D eigenvalue weighted by molar-refractivity contribution is 5.30. The predicted molar refractivity (Wildman–Crippen MR) is 61.1 cm³/mol. The van der Waals surface area contributed by atoms with Crippen molar-refractivity contribution in [3.63, 3.8) is 0 Å². The summed E-state index contributed by atoms with van der Waals surface area (Å²) < 4.78 is 18.4. The molecule has 0 aromatic heterocycles. The average molecular weight is 227 g/mol. The zero-order valence-electron chi connectivity index (χ0n) is 9.66. The van der Waals surface area contributed by atoms with Gasteiger partial charge in [0.1, 0.15) is 11.6 Å². The van der Waals surface area contributed by atoms with Crippen molar-refractivity contribution in [2.75, 3.05) is 20.2 Å². The molecule has 1 rings (SSSR count). The van der Waals surface area contributed by atoms with Crippen molar-refractivity contribution >= 4 is 0 Å². The number of halogens is 1. The second kappa shape index (κ2) is 6.45. The summed E-state index contributed by atoms with van der Waals surface area (Å²) in [4.78, 5) is 0. The van der Waals surface area contributed by atoms with E-state index in [1.54, 1.807) is 12.1 Å². The van der Waals surface area contributed by atoms with Crippen molar-refractivity contribution in [2.24, 2.45) is 0 Å². The first-order valence-electron chi connectivity index (χ1n) is 5.41. The van der Waals surface area contributed by atoms with Crippen LogP contribution in [0.15, 0.2) is 18.2 Å². The molecular formula is C12H18FNO2. The van der Waals surface area contributed by atoms with Crippen LogP contribution < -0.4 is 10.1 Å². The second-order valence-corrected chi connectivity index (χ2v) is 3.61. The van der Waals surface area contributed by atoms with Gasteiger partial charge in [0.05, 0.1) is 13.2 Å². The lowest BCUT2D eigenvalue weighted by molar-refractivity contribution is 0.170. The lowest BCUT2D eigenvalue weighted by Gasteiger charge is -2.13. The first-order chi connectivity index (χ1) is 7.69. The number of methoxy groups -OCH3 is 1. The van der Waals surface area contributed by atoms with Crippen LogP contribution in [0.4, 0.5) is 4.39 Å². The third-order valence-electron chi connectivity index (χ3n) is 2.33. The van der Waals surface area contributed by atoms with E-state index in [1.165, 1.54) is 13.2 Å². The summed E-state index contributed by atoms with van der Waals surface area (Å²) in [5.74, 6) is 0.0140. The van der Waals surface area contributed by atoms with Gasteiger partial charge in [-0.3, -0.25) is 0 Å². The molecule has 0 fully saturated rings. The van der Waals surface area contributed by atoms with Crippen LogP contribution in [0.3, 0.4) is 0 Å². The molecule has 0 aliphatic carbocycles. The molecule has 16 heavy (non-hydrogen) atoms. The van der Waals surface area contributed by atoms with Crippen LogP contribution in [-0.4, -0.2) is 25.3 Å². The molecular weight excluding hydrogens is 209 g/mol. The highest BCUT2D eigenvalue weighted by Crippen LogP contribution is 2.21. The van der Waals surface area contributed by atoms with Crippen LogP contribution in [0.2, 0.25) is 0 Å². The molecule has 1 aromatic carbocycles. The fourth-order valence-electron chi connectivity index (χ4n) is 1.43. The molecule has 1 atom stereocenters. The summed E-state index contributed by atoms with van der Waals surface area (Å²) in [6.07, 6.45) is 0.162. The minimum Gasteiger partial charge on any atom is -0.497 e. The van der Waals surface area contributed by atoms with E-state index < -0.39 is 11.9 Å². The SMILES string of the molecule is CCCNCC(O)c1ccc(OC)cc1F. The van der Waals surface area contributed by atoms with E-state index in [9.17, 15) is 9.50 Å². The molecule has 0 aliphatic heterocycles. The molecule has 0 heterocycles. The second-order valence-electron chi connectivity index (χ2n) is 3.61. The molecule has 0 saturated carbocycles. The Hall–Kier alpha value is -1.13. The first kappa shape index (κ1) is 12.9. The molecule has 0 radical (unpaired) electrons. The lowest BCUT2D eigenvalue weighted by Crippen LogP contribution is -2.22. The topological polar surface area (TPSA) is 41.5 Å². The Bertz CT molecular complexity index is 331. The quantitative estimate of drug-likeness (QED) is 0.729. The van der Waals surface area contributed by atoms with Crippen LogP contribution in [0.25, 0.3) is 0 Å². The Morgan fingerprint density at radius 2 is 2.25 bits per heavy atom. The highest BCUT2D eigenvalue weighted by atomic mass is 19.1.